The maximum absolute atomic E-state index is 8.74. The van der Waals surface area contributed by atoms with E-state index < -0.39 is 0 Å². The number of nitrogens with zero attached hydrogens (tertiary/aromatic N) is 1. The van der Waals surface area contributed by atoms with E-state index in [1.54, 1.807) is 14.2 Å². The smallest absolute Gasteiger partial charge is 0.125 e. The minimum Gasteiger partial charge on any atom is -0.496 e. The summed E-state index contributed by atoms with van der Waals surface area (Å²) in [5, 5.41) is 11.9. The topological polar surface area (TPSA) is 54.3 Å². The van der Waals surface area contributed by atoms with Crippen LogP contribution in [0.25, 0.3) is 0 Å². The standard InChI is InChI=1S/C15H22N2O2/c1-10(9-16)17-7-6-13-8-14(18-4)11(2)12(3)15(13)19-5/h8,10,17H,6-7H2,1-5H3. The maximum atomic E-state index is 8.74. The van der Waals surface area contributed by atoms with Crippen LogP contribution in [0.5, 0.6) is 11.5 Å². The Labute approximate surface area is 115 Å². The summed E-state index contributed by atoms with van der Waals surface area (Å²) < 4.78 is 10.9. The van der Waals surface area contributed by atoms with E-state index in [2.05, 4.69) is 11.4 Å². The summed E-state index contributed by atoms with van der Waals surface area (Å²) in [4.78, 5) is 0. The monoisotopic (exact) mass is 262 g/mol. The Bertz CT molecular complexity index is 478. The van der Waals surface area contributed by atoms with E-state index in [-0.39, 0.29) is 6.04 Å². The summed E-state index contributed by atoms with van der Waals surface area (Å²) in [6.07, 6.45) is 0.798. The Balaban J connectivity index is 2.93. The number of ether oxygens (including phenoxy) is 2. The number of nitrogens with one attached hydrogen (secondary N) is 1. The normalized spacial score (nSPS) is 11.8. The van der Waals surface area contributed by atoms with Gasteiger partial charge in [0.05, 0.1) is 26.3 Å². The highest BCUT2D eigenvalue weighted by molar-refractivity contribution is 5.52. The molecule has 0 radical (unpaired) electrons. The predicted octanol–water partition coefficient (Wildman–Crippen LogP) is 2.36. The van der Waals surface area contributed by atoms with Crippen LogP contribution < -0.4 is 14.8 Å². The largest absolute Gasteiger partial charge is 0.496 e. The quantitative estimate of drug-likeness (QED) is 0.855. The van der Waals surface area contributed by atoms with Crippen LogP contribution >= 0.6 is 0 Å². The number of nitriles is 1. The van der Waals surface area contributed by atoms with Gasteiger partial charge in [0, 0.05) is 6.54 Å². The van der Waals surface area contributed by atoms with Gasteiger partial charge in [-0.1, -0.05) is 0 Å². The molecule has 0 aliphatic rings. The molecule has 0 aliphatic carbocycles. The lowest BCUT2D eigenvalue weighted by Gasteiger charge is -2.17. The van der Waals surface area contributed by atoms with Gasteiger partial charge in [-0.25, -0.2) is 0 Å². The minimum absolute atomic E-state index is 0.139. The van der Waals surface area contributed by atoms with Crippen LogP contribution in [-0.4, -0.2) is 26.8 Å². The summed E-state index contributed by atoms with van der Waals surface area (Å²) >= 11 is 0. The van der Waals surface area contributed by atoms with Crippen molar-refractivity contribution in [2.24, 2.45) is 0 Å². The van der Waals surface area contributed by atoms with Crippen molar-refractivity contribution >= 4 is 0 Å². The number of methoxy groups -OCH3 is 2. The van der Waals surface area contributed by atoms with E-state index in [4.69, 9.17) is 14.7 Å². The lowest BCUT2D eigenvalue weighted by Crippen LogP contribution is -2.26. The molecule has 0 bridgehead atoms. The fourth-order valence-corrected chi connectivity index (χ4v) is 2.08. The molecule has 0 saturated carbocycles. The van der Waals surface area contributed by atoms with Crippen LogP contribution in [0.4, 0.5) is 0 Å². The molecule has 19 heavy (non-hydrogen) atoms. The fraction of sp³-hybridized carbons (Fsp3) is 0.533. The molecular weight excluding hydrogens is 240 g/mol. The van der Waals surface area contributed by atoms with Gasteiger partial charge in [-0.15, -0.1) is 0 Å². The third kappa shape index (κ3) is 3.62. The Morgan fingerprint density at radius 3 is 2.47 bits per heavy atom. The second kappa shape index (κ2) is 7.01. The van der Waals surface area contributed by atoms with Gasteiger partial charge in [0.2, 0.25) is 0 Å². The first kappa shape index (κ1) is 15.3. The van der Waals surface area contributed by atoms with Gasteiger partial charge >= 0.3 is 0 Å². The Hall–Kier alpha value is -1.73. The second-order valence-electron chi connectivity index (χ2n) is 4.58. The van der Waals surface area contributed by atoms with Gasteiger partial charge < -0.3 is 14.8 Å². The Morgan fingerprint density at radius 1 is 1.26 bits per heavy atom. The number of hydrogen-bond donors (Lipinski definition) is 1. The average Bonchev–Trinajstić information content (AvgIpc) is 2.42. The zero-order valence-corrected chi connectivity index (χ0v) is 12.3. The maximum Gasteiger partial charge on any atom is 0.125 e. The van der Waals surface area contributed by atoms with E-state index in [9.17, 15) is 0 Å². The molecule has 0 aromatic heterocycles. The molecule has 0 fully saturated rings. The third-order valence-electron chi connectivity index (χ3n) is 3.33. The van der Waals surface area contributed by atoms with Crippen molar-refractivity contribution in [1.82, 2.24) is 5.32 Å². The van der Waals surface area contributed by atoms with Crippen molar-refractivity contribution in [3.05, 3.63) is 22.8 Å². The summed E-state index contributed by atoms with van der Waals surface area (Å²) in [6.45, 7) is 6.64. The molecule has 104 valence electrons. The van der Waals surface area contributed by atoms with Gasteiger partial charge in [-0.3, -0.25) is 0 Å². The van der Waals surface area contributed by atoms with Crippen molar-refractivity contribution in [1.29, 1.82) is 5.26 Å². The highest BCUT2D eigenvalue weighted by Gasteiger charge is 2.13. The summed E-state index contributed by atoms with van der Waals surface area (Å²) in [5.74, 6) is 1.78. The Kier molecular flexibility index (Phi) is 5.65. The zero-order valence-electron chi connectivity index (χ0n) is 12.3. The number of hydrogen-bond acceptors (Lipinski definition) is 4. The van der Waals surface area contributed by atoms with Crippen molar-refractivity contribution in [3.8, 4) is 17.6 Å². The first-order chi connectivity index (χ1) is 9.04. The molecular formula is C15H22N2O2. The van der Waals surface area contributed by atoms with E-state index in [0.717, 1.165) is 41.2 Å². The van der Waals surface area contributed by atoms with Gasteiger partial charge in [0.25, 0.3) is 0 Å². The van der Waals surface area contributed by atoms with Gasteiger partial charge in [-0.2, -0.15) is 5.26 Å². The third-order valence-corrected chi connectivity index (χ3v) is 3.33. The lowest BCUT2D eigenvalue weighted by molar-refractivity contribution is 0.393. The molecule has 0 spiro atoms. The fourth-order valence-electron chi connectivity index (χ4n) is 2.08. The van der Waals surface area contributed by atoms with Crippen LogP contribution in [0.2, 0.25) is 0 Å². The molecule has 0 saturated heterocycles. The predicted molar refractivity (Wildman–Crippen MR) is 75.8 cm³/mol. The van der Waals surface area contributed by atoms with Crippen molar-refractivity contribution in [2.75, 3.05) is 20.8 Å². The van der Waals surface area contributed by atoms with Crippen molar-refractivity contribution in [2.45, 2.75) is 33.2 Å². The molecule has 4 heteroatoms. The van der Waals surface area contributed by atoms with Gasteiger partial charge in [-0.05, 0) is 49.9 Å². The second-order valence-corrected chi connectivity index (χ2v) is 4.58. The summed E-state index contributed by atoms with van der Waals surface area (Å²) in [7, 11) is 3.36. The van der Waals surface area contributed by atoms with Crippen LogP contribution in [0.15, 0.2) is 6.07 Å². The SMILES string of the molecule is COc1cc(CCNC(C)C#N)c(OC)c(C)c1C. The molecule has 1 N–H and O–H groups in total. The molecule has 1 atom stereocenters. The zero-order chi connectivity index (χ0) is 14.4. The van der Waals surface area contributed by atoms with Crippen LogP contribution in [0.1, 0.15) is 23.6 Å². The molecule has 0 amide bonds. The summed E-state index contributed by atoms with van der Waals surface area (Å²) in [5.41, 5.74) is 3.30. The Morgan fingerprint density at radius 2 is 1.95 bits per heavy atom. The first-order valence-corrected chi connectivity index (χ1v) is 6.39. The molecule has 1 unspecified atom stereocenters. The van der Waals surface area contributed by atoms with Crippen molar-refractivity contribution < 1.29 is 9.47 Å². The molecule has 1 aromatic rings. The first-order valence-electron chi connectivity index (χ1n) is 6.39. The highest BCUT2D eigenvalue weighted by atomic mass is 16.5. The number of benzene rings is 1. The number of rotatable bonds is 6. The molecule has 0 aliphatic heterocycles. The molecule has 1 aromatic carbocycles. The molecule has 1 rings (SSSR count). The molecule has 4 nitrogen and oxygen atoms in total. The van der Waals surface area contributed by atoms with E-state index >= 15 is 0 Å². The van der Waals surface area contributed by atoms with Crippen LogP contribution in [-0.2, 0) is 6.42 Å². The highest BCUT2D eigenvalue weighted by Crippen LogP contribution is 2.33. The lowest BCUT2D eigenvalue weighted by atomic mass is 10.0. The van der Waals surface area contributed by atoms with E-state index in [1.165, 1.54) is 0 Å². The van der Waals surface area contributed by atoms with E-state index in [1.807, 2.05) is 26.8 Å². The molecule has 0 heterocycles. The van der Waals surface area contributed by atoms with Crippen LogP contribution in [0, 0.1) is 25.2 Å². The van der Waals surface area contributed by atoms with Crippen LogP contribution in [0.3, 0.4) is 0 Å². The summed E-state index contributed by atoms with van der Waals surface area (Å²) in [6, 6.07) is 4.03. The average molecular weight is 262 g/mol. The van der Waals surface area contributed by atoms with Crippen molar-refractivity contribution in [3.63, 3.8) is 0 Å². The minimum atomic E-state index is -0.139. The van der Waals surface area contributed by atoms with E-state index in [0.29, 0.717) is 0 Å². The van der Waals surface area contributed by atoms with Gasteiger partial charge in [0.15, 0.2) is 0 Å². The van der Waals surface area contributed by atoms with Gasteiger partial charge in [0.1, 0.15) is 11.5 Å².